The molecular formula is C19H24N4O5S. The number of rotatable bonds is 4. The largest absolute Gasteiger partial charge is 0.465 e. The predicted molar refractivity (Wildman–Crippen MR) is 105 cm³/mol. The van der Waals surface area contributed by atoms with Gasteiger partial charge < -0.3 is 14.5 Å². The summed E-state index contributed by atoms with van der Waals surface area (Å²) in [4.78, 5) is 17.0. The van der Waals surface area contributed by atoms with Crippen molar-refractivity contribution >= 4 is 16.1 Å². The Balaban J connectivity index is 1.42. The van der Waals surface area contributed by atoms with Gasteiger partial charge in [-0.05, 0) is 48.4 Å². The van der Waals surface area contributed by atoms with Gasteiger partial charge in [-0.25, -0.2) is 13.2 Å². The molecule has 1 N–H and O–H groups in total. The molecule has 0 saturated carbocycles. The Kier molecular flexibility index (Phi) is 5.30. The summed E-state index contributed by atoms with van der Waals surface area (Å²) in [6.07, 6.45) is 3.29. The third-order valence-electron chi connectivity index (χ3n) is 5.72. The van der Waals surface area contributed by atoms with Gasteiger partial charge in [0.2, 0.25) is 10.0 Å². The highest BCUT2D eigenvalue weighted by atomic mass is 32.2. The molecule has 29 heavy (non-hydrogen) atoms. The number of likely N-dealkylation sites (tertiary alicyclic amines) is 1. The third-order valence-corrected chi connectivity index (χ3v) is 6.97. The van der Waals surface area contributed by atoms with Crippen LogP contribution in [0.3, 0.4) is 0 Å². The van der Waals surface area contributed by atoms with Crippen molar-refractivity contribution in [3.8, 4) is 11.5 Å². The van der Waals surface area contributed by atoms with Gasteiger partial charge in [0.25, 0.3) is 5.89 Å². The summed E-state index contributed by atoms with van der Waals surface area (Å²) in [5.41, 5.74) is 2.93. The molecule has 0 radical (unpaired) electrons. The van der Waals surface area contributed by atoms with Crippen LogP contribution in [0.15, 0.2) is 22.7 Å². The van der Waals surface area contributed by atoms with E-state index in [4.69, 9.17) is 9.63 Å². The van der Waals surface area contributed by atoms with E-state index < -0.39 is 16.1 Å². The summed E-state index contributed by atoms with van der Waals surface area (Å²) < 4.78 is 30.5. The van der Waals surface area contributed by atoms with Gasteiger partial charge in [-0.1, -0.05) is 11.2 Å². The third kappa shape index (κ3) is 4.43. The minimum atomic E-state index is -3.19. The molecule has 1 aromatic heterocycles. The van der Waals surface area contributed by atoms with Gasteiger partial charge in [0.15, 0.2) is 5.82 Å². The lowest BCUT2D eigenvalue weighted by atomic mass is 9.93. The van der Waals surface area contributed by atoms with Gasteiger partial charge in [0, 0.05) is 38.2 Å². The highest BCUT2D eigenvalue weighted by Crippen LogP contribution is 2.27. The number of carbonyl (C=O) groups is 1. The standard InChI is InChI=1S/C19H24N4O5S/c1-29(26,27)23-9-6-14-11-15(2-3-16(14)12-23)18-20-17(21-28-18)10-13-4-7-22(8-5-13)19(24)25/h2-3,11,13H,4-10,12H2,1H3,(H,24,25). The van der Waals surface area contributed by atoms with E-state index in [-0.39, 0.29) is 0 Å². The Labute approximate surface area is 169 Å². The van der Waals surface area contributed by atoms with Gasteiger partial charge in [-0.15, -0.1) is 0 Å². The number of fused-ring (bicyclic) bond motifs is 1. The molecule has 0 aliphatic carbocycles. The lowest BCUT2D eigenvalue weighted by Crippen LogP contribution is -2.37. The summed E-state index contributed by atoms with van der Waals surface area (Å²) in [6, 6.07) is 5.80. The lowest BCUT2D eigenvalue weighted by Gasteiger charge is -2.29. The lowest BCUT2D eigenvalue weighted by molar-refractivity contribution is 0.124. The zero-order valence-corrected chi connectivity index (χ0v) is 17.1. The average Bonchev–Trinajstić information content (AvgIpc) is 3.15. The van der Waals surface area contributed by atoms with Crippen LogP contribution in [0.1, 0.15) is 29.8 Å². The number of nitrogens with zero attached hydrogens (tertiary/aromatic N) is 4. The summed E-state index contributed by atoms with van der Waals surface area (Å²) in [5.74, 6) is 1.44. The van der Waals surface area contributed by atoms with Crippen molar-refractivity contribution in [2.45, 2.75) is 32.2 Å². The number of piperidine rings is 1. The van der Waals surface area contributed by atoms with Crippen LogP contribution >= 0.6 is 0 Å². The molecular weight excluding hydrogens is 396 g/mol. The molecule has 0 atom stereocenters. The van der Waals surface area contributed by atoms with E-state index >= 15 is 0 Å². The Morgan fingerprint density at radius 1 is 1.24 bits per heavy atom. The van der Waals surface area contributed by atoms with Crippen molar-refractivity contribution in [1.29, 1.82) is 0 Å². The topological polar surface area (TPSA) is 117 Å². The number of aromatic nitrogens is 2. The van der Waals surface area contributed by atoms with Crippen molar-refractivity contribution < 1.29 is 22.8 Å². The molecule has 1 saturated heterocycles. The van der Waals surface area contributed by atoms with E-state index in [9.17, 15) is 13.2 Å². The Morgan fingerprint density at radius 2 is 2.00 bits per heavy atom. The van der Waals surface area contributed by atoms with E-state index in [0.29, 0.717) is 56.7 Å². The molecule has 3 heterocycles. The summed E-state index contributed by atoms with van der Waals surface area (Å²) >= 11 is 0. The number of amides is 1. The minimum absolute atomic E-state index is 0.349. The fourth-order valence-electron chi connectivity index (χ4n) is 3.98. The smallest absolute Gasteiger partial charge is 0.407 e. The normalized spacial score (nSPS) is 18.6. The highest BCUT2D eigenvalue weighted by molar-refractivity contribution is 7.88. The molecule has 2 aliphatic rings. The second kappa shape index (κ2) is 7.75. The van der Waals surface area contributed by atoms with Crippen LogP contribution < -0.4 is 0 Å². The quantitative estimate of drug-likeness (QED) is 0.804. The fourth-order valence-corrected chi connectivity index (χ4v) is 4.78. The number of hydrogen-bond donors (Lipinski definition) is 1. The average molecular weight is 420 g/mol. The van der Waals surface area contributed by atoms with Crippen LogP contribution in [-0.4, -0.2) is 64.9 Å². The second-order valence-electron chi connectivity index (χ2n) is 7.76. The molecule has 2 aliphatic heterocycles. The highest BCUT2D eigenvalue weighted by Gasteiger charge is 2.25. The van der Waals surface area contributed by atoms with Crippen molar-refractivity contribution in [1.82, 2.24) is 19.3 Å². The molecule has 156 valence electrons. The van der Waals surface area contributed by atoms with E-state index in [1.54, 1.807) is 0 Å². The molecule has 0 unspecified atom stereocenters. The second-order valence-corrected chi connectivity index (χ2v) is 9.75. The molecule has 1 amide bonds. The van der Waals surface area contributed by atoms with Gasteiger partial charge >= 0.3 is 6.09 Å². The molecule has 9 nitrogen and oxygen atoms in total. The van der Waals surface area contributed by atoms with Gasteiger partial charge in [-0.2, -0.15) is 9.29 Å². The maximum atomic E-state index is 11.8. The van der Waals surface area contributed by atoms with Crippen molar-refractivity contribution in [3.05, 3.63) is 35.2 Å². The van der Waals surface area contributed by atoms with Crippen LogP contribution in [0.4, 0.5) is 4.79 Å². The van der Waals surface area contributed by atoms with Crippen molar-refractivity contribution in [2.75, 3.05) is 25.9 Å². The van der Waals surface area contributed by atoms with Crippen LogP contribution in [0.2, 0.25) is 0 Å². The summed E-state index contributed by atoms with van der Waals surface area (Å²) in [5, 5.41) is 13.1. The number of carboxylic acid groups (broad SMARTS) is 1. The molecule has 0 spiro atoms. The first-order valence-electron chi connectivity index (χ1n) is 9.67. The van der Waals surface area contributed by atoms with Gasteiger partial charge in [-0.3, -0.25) is 0 Å². The number of sulfonamides is 1. The van der Waals surface area contributed by atoms with Gasteiger partial charge in [0.05, 0.1) is 6.26 Å². The van der Waals surface area contributed by atoms with Crippen molar-refractivity contribution in [2.24, 2.45) is 5.92 Å². The number of hydrogen-bond acceptors (Lipinski definition) is 6. The molecule has 10 heteroatoms. The zero-order valence-electron chi connectivity index (χ0n) is 16.2. The maximum absolute atomic E-state index is 11.8. The molecule has 0 bridgehead atoms. The molecule has 1 aromatic carbocycles. The first-order chi connectivity index (χ1) is 13.8. The van der Waals surface area contributed by atoms with Crippen molar-refractivity contribution in [3.63, 3.8) is 0 Å². The molecule has 2 aromatic rings. The fraction of sp³-hybridized carbons (Fsp3) is 0.526. The minimum Gasteiger partial charge on any atom is -0.465 e. The predicted octanol–water partition coefficient (Wildman–Crippen LogP) is 1.99. The SMILES string of the molecule is CS(=O)(=O)N1CCc2cc(-c3nc(CC4CCN(C(=O)O)CC4)no3)ccc2C1. The first-order valence-corrected chi connectivity index (χ1v) is 11.5. The van der Waals surface area contributed by atoms with E-state index in [2.05, 4.69) is 10.1 Å². The Morgan fingerprint density at radius 3 is 2.69 bits per heavy atom. The van der Waals surface area contributed by atoms with E-state index in [1.165, 1.54) is 15.5 Å². The van der Waals surface area contributed by atoms with Crippen LogP contribution in [0.5, 0.6) is 0 Å². The number of benzene rings is 1. The monoisotopic (exact) mass is 420 g/mol. The first kappa shape index (κ1) is 19.8. The molecule has 4 rings (SSSR count). The summed E-state index contributed by atoms with van der Waals surface area (Å²) in [6.45, 7) is 1.94. The zero-order chi connectivity index (χ0) is 20.6. The summed E-state index contributed by atoms with van der Waals surface area (Å²) in [7, 11) is -3.19. The van der Waals surface area contributed by atoms with Gasteiger partial charge in [0.1, 0.15) is 0 Å². The maximum Gasteiger partial charge on any atom is 0.407 e. The van der Waals surface area contributed by atoms with Crippen LogP contribution in [0.25, 0.3) is 11.5 Å². The Bertz CT molecular complexity index is 1010. The molecule has 1 fully saturated rings. The Hall–Kier alpha value is -2.46. The van der Waals surface area contributed by atoms with E-state index in [1.807, 2.05) is 18.2 Å². The van der Waals surface area contributed by atoms with Crippen LogP contribution in [0, 0.1) is 5.92 Å². The van der Waals surface area contributed by atoms with E-state index in [0.717, 1.165) is 29.5 Å². The van der Waals surface area contributed by atoms with Crippen LogP contribution in [-0.2, 0) is 29.4 Å².